The van der Waals surface area contributed by atoms with Gasteiger partial charge in [-0.3, -0.25) is 14.4 Å². The number of ketones is 1. The van der Waals surface area contributed by atoms with Crippen LogP contribution in [0.4, 0.5) is 0 Å². The molecule has 0 radical (unpaired) electrons. The summed E-state index contributed by atoms with van der Waals surface area (Å²) >= 11 is 1.62. The number of rotatable bonds is 6. The third kappa shape index (κ3) is 5.61. The van der Waals surface area contributed by atoms with E-state index in [1.807, 2.05) is 0 Å². The van der Waals surface area contributed by atoms with Crippen molar-refractivity contribution in [1.29, 1.82) is 0 Å². The molecule has 0 bridgehead atoms. The fourth-order valence-corrected chi connectivity index (χ4v) is 6.37. The highest BCUT2D eigenvalue weighted by atomic mass is 32.2. The van der Waals surface area contributed by atoms with Gasteiger partial charge in [-0.05, 0) is 44.4 Å². The lowest BCUT2D eigenvalue weighted by molar-refractivity contribution is -0.142. The predicted molar refractivity (Wildman–Crippen MR) is 119 cm³/mol. The number of hydrazone groups is 1. The number of Topliss-reactive ketones (excluding diaryl/α,β-unsaturated/α-hetero) is 1. The van der Waals surface area contributed by atoms with Crippen molar-refractivity contribution in [3.63, 3.8) is 0 Å². The lowest BCUT2D eigenvalue weighted by atomic mass is 9.87. The second-order valence-electron chi connectivity index (χ2n) is 9.12. The number of thioether (sulfide) groups is 1. The van der Waals surface area contributed by atoms with E-state index in [4.69, 9.17) is 4.74 Å². The van der Waals surface area contributed by atoms with Gasteiger partial charge in [-0.1, -0.05) is 37.4 Å². The Morgan fingerprint density at radius 2 is 1.74 bits per heavy atom. The first kappa shape index (κ1) is 22.6. The van der Waals surface area contributed by atoms with E-state index in [1.165, 1.54) is 0 Å². The van der Waals surface area contributed by atoms with E-state index >= 15 is 0 Å². The van der Waals surface area contributed by atoms with Gasteiger partial charge < -0.3 is 15.0 Å². The molecule has 0 unspecified atom stereocenters. The molecule has 31 heavy (non-hydrogen) atoms. The molecule has 3 heterocycles. The maximum Gasteiger partial charge on any atom is 0.309 e. The second kappa shape index (κ2) is 10.8. The van der Waals surface area contributed by atoms with Gasteiger partial charge in [0.1, 0.15) is 6.04 Å². The number of nitrogens with one attached hydrogen (secondary N) is 2. The molecule has 8 nitrogen and oxygen atoms in total. The summed E-state index contributed by atoms with van der Waals surface area (Å²) in [6.45, 7) is 2.04. The van der Waals surface area contributed by atoms with Gasteiger partial charge in [0.05, 0.1) is 0 Å². The molecule has 172 valence electrons. The van der Waals surface area contributed by atoms with Crippen LogP contribution in [0.5, 0.6) is 0 Å². The van der Waals surface area contributed by atoms with E-state index < -0.39 is 17.7 Å². The SMILES string of the molecule is O=C(NN=C1SC[C@@H]2CCCN12)C(=O)[C@H](NC(=O)C1CCCCCC1)C1CCOCC1. The van der Waals surface area contributed by atoms with E-state index in [-0.39, 0.29) is 17.7 Å². The van der Waals surface area contributed by atoms with Crippen LogP contribution in [0.1, 0.15) is 64.2 Å². The van der Waals surface area contributed by atoms with Gasteiger partial charge in [0.15, 0.2) is 5.17 Å². The monoisotopic (exact) mass is 450 g/mol. The average molecular weight is 451 g/mol. The van der Waals surface area contributed by atoms with Gasteiger partial charge in [0.2, 0.25) is 11.7 Å². The van der Waals surface area contributed by atoms with Crippen molar-refractivity contribution in [1.82, 2.24) is 15.6 Å². The Labute approximate surface area is 188 Å². The molecule has 2 amide bonds. The normalized spacial score (nSPS) is 27.5. The fourth-order valence-electron chi connectivity index (χ4n) is 5.17. The van der Waals surface area contributed by atoms with E-state index in [9.17, 15) is 14.4 Å². The first-order chi connectivity index (χ1) is 15.1. The van der Waals surface area contributed by atoms with Crippen LogP contribution in [0.3, 0.4) is 0 Å². The minimum absolute atomic E-state index is 0.0667. The first-order valence-electron chi connectivity index (χ1n) is 11.8. The number of fused-ring (bicyclic) bond motifs is 1. The minimum Gasteiger partial charge on any atom is -0.381 e. The summed E-state index contributed by atoms with van der Waals surface area (Å²) < 4.78 is 5.43. The molecule has 2 N–H and O–H groups in total. The highest BCUT2D eigenvalue weighted by Gasteiger charge is 2.37. The third-order valence-electron chi connectivity index (χ3n) is 7.05. The Kier molecular flexibility index (Phi) is 7.87. The number of amides is 2. The van der Waals surface area contributed by atoms with Crippen molar-refractivity contribution in [2.75, 3.05) is 25.5 Å². The first-order valence-corrected chi connectivity index (χ1v) is 12.8. The smallest absolute Gasteiger partial charge is 0.309 e. The molecule has 1 saturated carbocycles. The van der Waals surface area contributed by atoms with Gasteiger partial charge in [0, 0.05) is 37.5 Å². The predicted octanol–water partition coefficient (Wildman–Crippen LogP) is 2.04. The molecule has 0 aromatic heterocycles. The number of hydrogen-bond acceptors (Lipinski definition) is 6. The standard InChI is InChI=1S/C22H34N4O4S/c27-19(21(29)24-25-22-26-11-5-8-17(26)14-31-22)18(15-9-12-30-13-10-15)23-20(28)16-6-3-1-2-4-7-16/h15-18H,1-14H2,(H,23,28)(H,24,29)/t17-,18+/m0/s1. The van der Waals surface area contributed by atoms with Crippen LogP contribution < -0.4 is 10.7 Å². The van der Waals surface area contributed by atoms with E-state index in [0.29, 0.717) is 32.1 Å². The fraction of sp³-hybridized carbons (Fsp3) is 0.818. The Bertz CT molecular complexity index is 702. The van der Waals surface area contributed by atoms with E-state index in [2.05, 4.69) is 20.7 Å². The number of ether oxygens (including phenoxy) is 1. The van der Waals surface area contributed by atoms with Gasteiger partial charge in [-0.25, -0.2) is 5.43 Å². The summed E-state index contributed by atoms with van der Waals surface area (Å²) in [4.78, 5) is 41.0. The lowest BCUT2D eigenvalue weighted by Crippen LogP contribution is -2.53. The molecule has 0 spiro atoms. The zero-order chi connectivity index (χ0) is 21.6. The summed E-state index contributed by atoms with van der Waals surface area (Å²) in [5.74, 6) is -0.601. The summed E-state index contributed by atoms with van der Waals surface area (Å²) in [6.07, 6.45) is 9.72. The van der Waals surface area contributed by atoms with Gasteiger partial charge >= 0.3 is 5.91 Å². The van der Waals surface area contributed by atoms with Gasteiger partial charge in [-0.15, -0.1) is 5.10 Å². The molecule has 0 aromatic rings. The summed E-state index contributed by atoms with van der Waals surface area (Å²) in [5, 5.41) is 7.99. The largest absolute Gasteiger partial charge is 0.381 e. The molecule has 9 heteroatoms. The molecule has 4 rings (SSSR count). The van der Waals surface area contributed by atoms with Gasteiger partial charge in [0.25, 0.3) is 0 Å². The Balaban J connectivity index is 1.40. The second-order valence-corrected chi connectivity index (χ2v) is 10.1. The highest BCUT2D eigenvalue weighted by molar-refractivity contribution is 8.14. The molecule has 4 aliphatic rings. The molecule has 0 aromatic carbocycles. The van der Waals surface area contributed by atoms with Crippen LogP contribution in [0.2, 0.25) is 0 Å². The maximum absolute atomic E-state index is 13.1. The van der Waals surface area contributed by atoms with E-state index in [1.54, 1.807) is 11.8 Å². The molecule has 3 saturated heterocycles. The Morgan fingerprint density at radius 1 is 1.00 bits per heavy atom. The Hall–Kier alpha value is -1.61. The number of nitrogens with zero attached hydrogens (tertiary/aromatic N) is 2. The maximum atomic E-state index is 13.1. The number of carbonyl (C=O) groups is 3. The van der Waals surface area contributed by atoms with Crippen LogP contribution in [0.25, 0.3) is 0 Å². The summed E-state index contributed by atoms with van der Waals surface area (Å²) in [7, 11) is 0. The molecular weight excluding hydrogens is 416 g/mol. The highest BCUT2D eigenvalue weighted by Crippen LogP contribution is 2.31. The van der Waals surface area contributed by atoms with Crippen LogP contribution in [-0.2, 0) is 19.1 Å². The van der Waals surface area contributed by atoms with Crippen molar-refractivity contribution < 1.29 is 19.1 Å². The zero-order valence-electron chi connectivity index (χ0n) is 18.1. The Morgan fingerprint density at radius 3 is 2.48 bits per heavy atom. The van der Waals surface area contributed by atoms with Crippen LogP contribution >= 0.6 is 11.8 Å². The van der Waals surface area contributed by atoms with Crippen molar-refractivity contribution in [2.24, 2.45) is 16.9 Å². The third-order valence-corrected chi connectivity index (χ3v) is 8.18. The van der Waals surface area contributed by atoms with E-state index in [0.717, 1.165) is 68.8 Å². The van der Waals surface area contributed by atoms with Crippen LogP contribution in [-0.4, -0.2) is 65.3 Å². The van der Waals surface area contributed by atoms with Gasteiger partial charge in [-0.2, -0.15) is 0 Å². The molecule has 4 fully saturated rings. The van der Waals surface area contributed by atoms with Crippen molar-refractivity contribution in [3.8, 4) is 0 Å². The molecular formula is C22H34N4O4S. The molecule has 1 aliphatic carbocycles. The minimum atomic E-state index is -0.810. The van der Waals surface area contributed by atoms with Crippen LogP contribution in [0, 0.1) is 11.8 Å². The zero-order valence-corrected chi connectivity index (χ0v) is 19.0. The number of hydrogen-bond donors (Lipinski definition) is 2. The van der Waals surface area contributed by atoms with Crippen molar-refractivity contribution in [2.45, 2.75) is 76.3 Å². The molecule has 2 atom stereocenters. The van der Waals surface area contributed by atoms with Crippen LogP contribution in [0.15, 0.2) is 5.10 Å². The summed E-state index contributed by atoms with van der Waals surface area (Å²) in [5.41, 5.74) is 2.47. The topological polar surface area (TPSA) is 100 Å². The molecule has 3 aliphatic heterocycles. The number of amidine groups is 1. The lowest BCUT2D eigenvalue weighted by Gasteiger charge is -2.30. The average Bonchev–Trinajstić information content (AvgIpc) is 3.30. The summed E-state index contributed by atoms with van der Waals surface area (Å²) in [6, 6.07) is -0.319. The van der Waals surface area contributed by atoms with Crippen molar-refractivity contribution in [3.05, 3.63) is 0 Å². The van der Waals surface area contributed by atoms with Crippen molar-refractivity contribution >= 4 is 34.5 Å². The number of carbonyl (C=O) groups excluding carboxylic acids is 3. The quantitative estimate of drug-likeness (QED) is 0.365.